The number of likely N-dealkylation sites (N-methyl/N-ethyl adjacent to an activating group) is 1. The third-order valence-electron chi connectivity index (χ3n) is 4.53. The van der Waals surface area contributed by atoms with E-state index in [4.69, 9.17) is 0 Å². The summed E-state index contributed by atoms with van der Waals surface area (Å²) in [5.74, 6) is 1.93. The van der Waals surface area contributed by atoms with Gasteiger partial charge >= 0.3 is 0 Å². The molecule has 8 heteroatoms. The Labute approximate surface area is 138 Å². The molecule has 23 heavy (non-hydrogen) atoms. The molecule has 1 aromatic heterocycles. The molecule has 2 aliphatic rings. The molecule has 0 bridgehead atoms. The number of nitrogens with one attached hydrogen (secondary N) is 1. The van der Waals surface area contributed by atoms with E-state index in [1.54, 1.807) is 0 Å². The zero-order chi connectivity index (χ0) is 16.4. The van der Waals surface area contributed by atoms with Crippen LogP contribution in [0.3, 0.4) is 0 Å². The molecule has 1 unspecified atom stereocenters. The third-order valence-corrected chi connectivity index (χ3v) is 6.30. The highest BCUT2D eigenvalue weighted by Gasteiger charge is 2.28. The molecule has 1 aromatic rings. The second kappa shape index (κ2) is 6.60. The van der Waals surface area contributed by atoms with Gasteiger partial charge in [0.1, 0.15) is 5.82 Å². The second-order valence-corrected chi connectivity index (χ2v) is 8.59. The fourth-order valence-electron chi connectivity index (χ4n) is 3.15. The number of aromatic nitrogens is 2. The van der Waals surface area contributed by atoms with Crippen LogP contribution in [0.4, 0.5) is 11.8 Å². The molecule has 2 saturated heterocycles. The van der Waals surface area contributed by atoms with Gasteiger partial charge in [-0.1, -0.05) is 6.92 Å². The Hall–Kier alpha value is -1.41. The van der Waals surface area contributed by atoms with E-state index in [1.165, 1.54) is 0 Å². The minimum atomic E-state index is -2.89. The quantitative estimate of drug-likeness (QED) is 0.857. The van der Waals surface area contributed by atoms with Crippen LogP contribution < -0.4 is 10.2 Å². The van der Waals surface area contributed by atoms with E-state index in [-0.39, 0.29) is 17.5 Å². The second-order valence-electron chi connectivity index (χ2n) is 6.36. The molecule has 128 valence electrons. The van der Waals surface area contributed by atoms with E-state index in [9.17, 15) is 8.42 Å². The first-order valence-corrected chi connectivity index (χ1v) is 10.1. The largest absolute Gasteiger partial charge is 0.366 e. The van der Waals surface area contributed by atoms with Crippen molar-refractivity contribution < 1.29 is 8.42 Å². The molecule has 0 aromatic carbocycles. The lowest BCUT2D eigenvalue weighted by Gasteiger charge is -2.34. The maximum absolute atomic E-state index is 11.6. The number of sulfone groups is 1. The topological polar surface area (TPSA) is 78.4 Å². The fourth-order valence-corrected chi connectivity index (χ4v) is 4.82. The van der Waals surface area contributed by atoms with Crippen LogP contribution in [-0.4, -0.2) is 73.6 Å². The van der Waals surface area contributed by atoms with Crippen molar-refractivity contribution in [1.29, 1.82) is 0 Å². The van der Waals surface area contributed by atoms with Crippen molar-refractivity contribution in [2.45, 2.75) is 26.3 Å². The third kappa shape index (κ3) is 4.11. The van der Waals surface area contributed by atoms with Gasteiger partial charge in [0.05, 0.1) is 11.5 Å². The van der Waals surface area contributed by atoms with Crippen molar-refractivity contribution in [3.05, 3.63) is 11.8 Å². The maximum Gasteiger partial charge on any atom is 0.227 e. The summed E-state index contributed by atoms with van der Waals surface area (Å²) in [7, 11) is -2.89. The lowest BCUT2D eigenvalue weighted by Crippen LogP contribution is -2.46. The highest BCUT2D eigenvalue weighted by atomic mass is 32.2. The van der Waals surface area contributed by atoms with E-state index in [0.29, 0.717) is 6.42 Å². The Morgan fingerprint density at radius 3 is 2.61 bits per heavy atom. The molecule has 0 spiro atoms. The molecule has 2 fully saturated rings. The summed E-state index contributed by atoms with van der Waals surface area (Å²) in [5, 5.41) is 3.27. The molecule has 0 amide bonds. The Morgan fingerprint density at radius 2 is 2.00 bits per heavy atom. The molecule has 0 aliphatic carbocycles. The molecule has 1 atom stereocenters. The van der Waals surface area contributed by atoms with Crippen molar-refractivity contribution in [3.8, 4) is 0 Å². The normalized spacial score (nSPS) is 24.8. The van der Waals surface area contributed by atoms with Crippen molar-refractivity contribution in [3.63, 3.8) is 0 Å². The summed E-state index contributed by atoms with van der Waals surface area (Å²) in [5.41, 5.74) is 0.899. The van der Waals surface area contributed by atoms with Gasteiger partial charge in [0.15, 0.2) is 9.84 Å². The van der Waals surface area contributed by atoms with Gasteiger partial charge in [0.25, 0.3) is 0 Å². The number of piperazine rings is 1. The van der Waals surface area contributed by atoms with Crippen LogP contribution in [0.25, 0.3) is 0 Å². The van der Waals surface area contributed by atoms with Crippen molar-refractivity contribution in [2.24, 2.45) is 0 Å². The van der Waals surface area contributed by atoms with Gasteiger partial charge in [-0.05, 0) is 19.9 Å². The Bertz CT molecular complexity index is 656. The smallest absolute Gasteiger partial charge is 0.227 e. The number of rotatable bonds is 4. The van der Waals surface area contributed by atoms with Gasteiger partial charge in [-0.25, -0.2) is 13.4 Å². The van der Waals surface area contributed by atoms with Gasteiger partial charge in [0, 0.05) is 44.0 Å². The molecule has 2 aliphatic heterocycles. The zero-order valence-electron chi connectivity index (χ0n) is 13.8. The number of hydrogen-bond acceptors (Lipinski definition) is 7. The predicted molar refractivity (Wildman–Crippen MR) is 91.8 cm³/mol. The molecule has 0 saturated carbocycles. The molecule has 1 N–H and O–H groups in total. The average molecular weight is 339 g/mol. The van der Waals surface area contributed by atoms with E-state index in [2.05, 4.69) is 32.0 Å². The lowest BCUT2D eigenvalue weighted by atomic mass is 10.2. The lowest BCUT2D eigenvalue weighted by molar-refractivity contribution is 0.270. The summed E-state index contributed by atoms with van der Waals surface area (Å²) >= 11 is 0. The fraction of sp³-hybridized carbons (Fsp3) is 0.733. The van der Waals surface area contributed by atoms with Crippen LogP contribution in [0.5, 0.6) is 0 Å². The van der Waals surface area contributed by atoms with Crippen molar-refractivity contribution in [2.75, 3.05) is 54.4 Å². The number of anilines is 2. The van der Waals surface area contributed by atoms with Gasteiger partial charge in [-0.15, -0.1) is 0 Å². The average Bonchev–Trinajstić information content (AvgIpc) is 2.85. The van der Waals surface area contributed by atoms with E-state index in [1.807, 2.05) is 13.0 Å². The van der Waals surface area contributed by atoms with Gasteiger partial charge in [0.2, 0.25) is 5.95 Å². The first-order chi connectivity index (χ1) is 10.9. The standard InChI is InChI=1S/C15H25N5O2S/c1-3-19-5-7-20(8-6-19)15-16-12(2)10-14(18-15)17-13-4-9-23(21,22)11-13/h10,13H,3-9,11H2,1-2H3,(H,16,17,18). The van der Waals surface area contributed by atoms with Crippen LogP contribution in [0.2, 0.25) is 0 Å². The van der Waals surface area contributed by atoms with Crippen molar-refractivity contribution >= 4 is 21.6 Å². The molecular weight excluding hydrogens is 314 g/mol. The monoisotopic (exact) mass is 339 g/mol. The summed E-state index contributed by atoms with van der Waals surface area (Å²) in [6.07, 6.45) is 0.649. The van der Waals surface area contributed by atoms with Crippen LogP contribution in [0.1, 0.15) is 19.0 Å². The maximum atomic E-state index is 11.6. The van der Waals surface area contributed by atoms with Crippen LogP contribution >= 0.6 is 0 Å². The van der Waals surface area contributed by atoms with E-state index < -0.39 is 9.84 Å². The molecular formula is C15H25N5O2S. The first-order valence-electron chi connectivity index (χ1n) is 8.25. The summed E-state index contributed by atoms with van der Waals surface area (Å²) in [6.45, 7) is 9.10. The number of hydrogen-bond donors (Lipinski definition) is 1. The predicted octanol–water partition coefficient (Wildman–Crippen LogP) is 0.526. The number of nitrogens with zero attached hydrogens (tertiary/aromatic N) is 4. The minimum absolute atomic E-state index is 0.0425. The van der Waals surface area contributed by atoms with E-state index in [0.717, 1.165) is 50.2 Å². The molecule has 3 heterocycles. The minimum Gasteiger partial charge on any atom is -0.366 e. The summed E-state index contributed by atoms with van der Waals surface area (Å²) in [4.78, 5) is 13.8. The molecule has 0 radical (unpaired) electrons. The van der Waals surface area contributed by atoms with Gasteiger partial charge in [-0.3, -0.25) is 0 Å². The van der Waals surface area contributed by atoms with Crippen LogP contribution in [0.15, 0.2) is 6.07 Å². The Kier molecular flexibility index (Phi) is 4.72. The Morgan fingerprint density at radius 1 is 1.26 bits per heavy atom. The number of aryl methyl sites for hydroxylation is 1. The van der Waals surface area contributed by atoms with E-state index >= 15 is 0 Å². The Balaban J connectivity index is 1.70. The van der Waals surface area contributed by atoms with Gasteiger partial charge in [-0.2, -0.15) is 4.98 Å². The molecule has 7 nitrogen and oxygen atoms in total. The first kappa shape index (κ1) is 16.4. The molecule has 3 rings (SSSR count). The van der Waals surface area contributed by atoms with Crippen molar-refractivity contribution in [1.82, 2.24) is 14.9 Å². The van der Waals surface area contributed by atoms with Crippen LogP contribution in [-0.2, 0) is 9.84 Å². The highest BCUT2D eigenvalue weighted by molar-refractivity contribution is 7.91. The summed E-state index contributed by atoms with van der Waals surface area (Å²) in [6, 6.07) is 1.84. The van der Waals surface area contributed by atoms with Gasteiger partial charge < -0.3 is 15.1 Å². The SMILES string of the molecule is CCN1CCN(c2nc(C)cc(NC3CCS(=O)(=O)C3)n2)CC1. The zero-order valence-corrected chi connectivity index (χ0v) is 14.6. The van der Waals surface area contributed by atoms with Crippen LogP contribution in [0, 0.1) is 6.92 Å². The summed E-state index contributed by atoms with van der Waals surface area (Å²) < 4.78 is 23.2. The highest BCUT2D eigenvalue weighted by Crippen LogP contribution is 2.19.